The van der Waals surface area contributed by atoms with Crippen LogP contribution in [0, 0.1) is 6.92 Å². The first kappa shape index (κ1) is 12.0. The summed E-state index contributed by atoms with van der Waals surface area (Å²) in [5.74, 6) is 0.904. The Balaban J connectivity index is 1.86. The first-order chi connectivity index (χ1) is 8.65. The minimum atomic E-state index is -0.495. The lowest BCUT2D eigenvalue weighted by Gasteiger charge is -2.46. The van der Waals surface area contributed by atoms with Gasteiger partial charge in [-0.05, 0) is 13.8 Å². The van der Waals surface area contributed by atoms with Crippen LogP contribution in [0.3, 0.4) is 0 Å². The monoisotopic (exact) mass is 248 g/mol. The van der Waals surface area contributed by atoms with Gasteiger partial charge in [-0.1, -0.05) is 0 Å². The summed E-state index contributed by atoms with van der Waals surface area (Å²) in [7, 11) is 0. The molecule has 0 radical (unpaired) electrons. The number of hydrogen-bond donors (Lipinski definition) is 1. The van der Waals surface area contributed by atoms with Crippen LogP contribution >= 0.6 is 0 Å². The van der Waals surface area contributed by atoms with E-state index in [1.54, 1.807) is 13.1 Å². The summed E-state index contributed by atoms with van der Waals surface area (Å²) in [4.78, 5) is 14.0. The van der Waals surface area contributed by atoms with Crippen LogP contribution in [0.25, 0.3) is 0 Å². The molecular formula is C13H20N4O. The maximum absolute atomic E-state index is 9.61. The number of rotatable bonds is 2. The van der Waals surface area contributed by atoms with Crippen LogP contribution in [0.2, 0.25) is 0 Å². The van der Waals surface area contributed by atoms with E-state index in [1.807, 2.05) is 6.92 Å². The minimum Gasteiger partial charge on any atom is -0.389 e. The number of aromatic nitrogens is 2. The topological polar surface area (TPSA) is 52.5 Å². The summed E-state index contributed by atoms with van der Waals surface area (Å²) in [5, 5.41) is 9.61. The number of hydrogen-bond acceptors (Lipinski definition) is 5. The second-order valence-corrected chi connectivity index (χ2v) is 5.30. The molecule has 2 bridgehead atoms. The molecular weight excluding hydrogens is 228 g/mol. The average Bonchev–Trinajstić information content (AvgIpc) is 2.39. The van der Waals surface area contributed by atoms with Gasteiger partial charge in [0.05, 0.1) is 12.1 Å². The molecule has 0 spiro atoms. The quantitative estimate of drug-likeness (QED) is 0.826. The Hall–Kier alpha value is -1.04. The van der Waals surface area contributed by atoms with Crippen LogP contribution in [0.1, 0.15) is 36.2 Å². The van der Waals surface area contributed by atoms with E-state index in [4.69, 9.17) is 0 Å². The fourth-order valence-electron chi connectivity index (χ4n) is 2.93. The van der Waals surface area contributed by atoms with Crippen molar-refractivity contribution >= 4 is 0 Å². The molecule has 4 rings (SSSR count). The molecule has 3 fully saturated rings. The van der Waals surface area contributed by atoms with Crippen molar-refractivity contribution in [3.63, 3.8) is 0 Å². The molecule has 18 heavy (non-hydrogen) atoms. The van der Waals surface area contributed by atoms with Crippen molar-refractivity contribution in [1.82, 2.24) is 19.8 Å². The Morgan fingerprint density at radius 2 is 2.06 bits per heavy atom. The first-order valence-electron chi connectivity index (χ1n) is 6.63. The molecule has 0 saturated carbocycles. The van der Waals surface area contributed by atoms with E-state index in [0.29, 0.717) is 6.04 Å². The lowest BCUT2D eigenvalue weighted by Crippen LogP contribution is -2.57. The standard InChI is InChI=1S/C13H20N4O/c1-9-11(10(2)18)7-14-13(15-9)12-8-16-3-5-17(12)6-4-16/h7,10,12,18H,3-6,8H2,1-2H3/t10-,12?/m1/s1. The van der Waals surface area contributed by atoms with Gasteiger partial charge >= 0.3 is 0 Å². The summed E-state index contributed by atoms with van der Waals surface area (Å²) < 4.78 is 0. The zero-order valence-electron chi connectivity index (χ0n) is 11.0. The zero-order valence-corrected chi connectivity index (χ0v) is 11.0. The van der Waals surface area contributed by atoms with Gasteiger partial charge in [-0.2, -0.15) is 0 Å². The van der Waals surface area contributed by atoms with E-state index in [2.05, 4.69) is 19.8 Å². The molecule has 3 aliphatic heterocycles. The van der Waals surface area contributed by atoms with E-state index < -0.39 is 6.10 Å². The molecule has 3 aliphatic rings. The molecule has 4 heterocycles. The van der Waals surface area contributed by atoms with E-state index >= 15 is 0 Å². The highest BCUT2D eigenvalue weighted by Crippen LogP contribution is 2.27. The third-order valence-corrected chi connectivity index (χ3v) is 4.06. The van der Waals surface area contributed by atoms with Crippen molar-refractivity contribution in [3.05, 3.63) is 23.3 Å². The smallest absolute Gasteiger partial charge is 0.146 e. The van der Waals surface area contributed by atoms with Crippen molar-refractivity contribution in [2.45, 2.75) is 26.0 Å². The van der Waals surface area contributed by atoms with Gasteiger partial charge in [0, 0.05) is 50.2 Å². The highest BCUT2D eigenvalue weighted by atomic mass is 16.3. The number of fused-ring (bicyclic) bond motifs is 3. The highest BCUT2D eigenvalue weighted by molar-refractivity contribution is 5.19. The normalized spacial score (nSPS) is 32.5. The third kappa shape index (κ3) is 2.02. The fourth-order valence-corrected chi connectivity index (χ4v) is 2.93. The summed E-state index contributed by atoms with van der Waals surface area (Å²) >= 11 is 0. The SMILES string of the molecule is Cc1nc(C2CN3CCN2CC3)ncc1[C@@H](C)O. The van der Waals surface area contributed by atoms with Crippen LogP contribution in [0.4, 0.5) is 0 Å². The molecule has 0 aromatic carbocycles. The third-order valence-electron chi connectivity index (χ3n) is 4.06. The van der Waals surface area contributed by atoms with Gasteiger partial charge in [0.25, 0.3) is 0 Å². The molecule has 1 unspecified atom stereocenters. The Morgan fingerprint density at radius 3 is 2.56 bits per heavy atom. The number of piperazine rings is 3. The van der Waals surface area contributed by atoms with Crippen LogP contribution in [-0.2, 0) is 0 Å². The molecule has 3 saturated heterocycles. The van der Waals surface area contributed by atoms with E-state index in [-0.39, 0.29) is 0 Å². The van der Waals surface area contributed by atoms with Gasteiger partial charge in [-0.3, -0.25) is 9.80 Å². The first-order valence-corrected chi connectivity index (χ1v) is 6.63. The van der Waals surface area contributed by atoms with Gasteiger partial charge in [0.2, 0.25) is 0 Å². The molecule has 1 aromatic rings. The number of nitrogens with zero attached hydrogens (tertiary/aromatic N) is 4. The van der Waals surface area contributed by atoms with Gasteiger partial charge in [0.15, 0.2) is 0 Å². The van der Waals surface area contributed by atoms with E-state index in [1.165, 1.54) is 13.1 Å². The van der Waals surface area contributed by atoms with E-state index in [9.17, 15) is 5.11 Å². The Labute approximate surface area is 107 Å². The maximum Gasteiger partial charge on any atom is 0.146 e. The molecule has 1 aromatic heterocycles. The van der Waals surface area contributed by atoms with Crippen molar-refractivity contribution in [3.8, 4) is 0 Å². The van der Waals surface area contributed by atoms with Crippen molar-refractivity contribution in [2.75, 3.05) is 32.7 Å². The van der Waals surface area contributed by atoms with Crippen LogP contribution in [0.5, 0.6) is 0 Å². The van der Waals surface area contributed by atoms with Crippen LogP contribution in [0.15, 0.2) is 6.20 Å². The second kappa shape index (κ2) is 4.57. The van der Waals surface area contributed by atoms with Gasteiger partial charge < -0.3 is 5.11 Å². The van der Waals surface area contributed by atoms with Crippen molar-refractivity contribution in [1.29, 1.82) is 0 Å². The molecule has 5 nitrogen and oxygen atoms in total. The maximum atomic E-state index is 9.61. The van der Waals surface area contributed by atoms with Gasteiger partial charge in [0.1, 0.15) is 5.82 Å². The summed E-state index contributed by atoms with van der Waals surface area (Å²) in [5.41, 5.74) is 1.72. The zero-order chi connectivity index (χ0) is 12.7. The summed E-state index contributed by atoms with van der Waals surface area (Å²) in [6.45, 7) is 9.31. The van der Waals surface area contributed by atoms with Crippen LogP contribution < -0.4 is 0 Å². The van der Waals surface area contributed by atoms with Crippen molar-refractivity contribution < 1.29 is 5.11 Å². The minimum absolute atomic E-state index is 0.328. The Morgan fingerprint density at radius 1 is 1.33 bits per heavy atom. The van der Waals surface area contributed by atoms with Gasteiger partial charge in [-0.25, -0.2) is 9.97 Å². The molecule has 5 heteroatoms. The largest absolute Gasteiger partial charge is 0.389 e. The fraction of sp³-hybridized carbons (Fsp3) is 0.692. The highest BCUT2D eigenvalue weighted by Gasteiger charge is 2.34. The predicted molar refractivity (Wildman–Crippen MR) is 68.2 cm³/mol. The Bertz CT molecular complexity index is 441. The summed E-state index contributed by atoms with van der Waals surface area (Å²) in [6, 6.07) is 0.328. The van der Waals surface area contributed by atoms with Crippen LogP contribution in [-0.4, -0.2) is 57.6 Å². The van der Waals surface area contributed by atoms with E-state index in [0.717, 1.165) is 36.7 Å². The second-order valence-electron chi connectivity index (χ2n) is 5.30. The molecule has 0 amide bonds. The average molecular weight is 248 g/mol. The molecule has 98 valence electrons. The summed E-state index contributed by atoms with van der Waals surface area (Å²) in [6.07, 6.45) is 1.28. The molecule has 1 N–H and O–H groups in total. The lowest BCUT2D eigenvalue weighted by molar-refractivity contribution is 0.00851. The molecule has 0 aliphatic carbocycles. The molecule has 2 atom stereocenters. The number of aryl methyl sites for hydroxylation is 1. The number of aliphatic hydroxyl groups excluding tert-OH is 1. The van der Waals surface area contributed by atoms with Gasteiger partial charge in [-0.15, -0.1) is 0 Å². The predicted octanol–water partition coefficient (Wildman–Crippen LogP) is 0.511. The number of aliphatic hydroxyl groups is 1. The van der Waals surface area contributed by atoms with Crippen molar-refractivity contribution in [2.24, 2.45) is 0 Å². The lowest BCUT2D eigenvalue weighted by atomic mass is 10.1. The Kier molecular flexibility index (Phi) is 3.05.